The van der Waals surface area contributed by atoms with Gasteiger partial charge in [0.15, 0.2) is 0 Å². The Bertz CT molecular complexity index is 448. The zero-order chi connectivity index (χ0) is 15.7. The number of carbonyl (C=O) groups excluding carboxylic acids is 1. The fourth-order valence-corrected chi connectivity index (χ4v) is 2.33. The molecule has 0 bridgehead atoms. The predicted molar refractivity (Wildman–Crippen MR) is 84.6 cm³/mol. The molecule has 0 radical (unpaired) electrons. The topological polar surface area (TPSA) is 55.1 Å². The van der Waals surface area contributed by atoms with Crippen LogP contribution < -0.4 is 11.1 Å². The molecule has 0 aliphatic rings. The molecule has 0 aliphatic carbocycles. The van der Waals surface area contributed by atoms with Gasteiger partial charge >= 0.3 is 0 Å². The second kappa shape index (κ2) is 9.50. The third-order valence-electron chi connectivity index (χ3n) is 3.75. The molecule has 3 N–H and O–H groups in total. The number of unbranched alkanes of at least 4 members (excludes halogenated alkanes) is 3. The maximum absolute atomic E-state index is 13.9. The van der Waals surface area contributed by atoms with E-state index in [1.165, 1.54) is 31.4 Å². The summed E-state index contributed by atoms with van der Waals surface area (Å²) in [6.07, 6.45) is 6.51. The highest BCUT2D eigenvalue weighted by Gasteiger charge is 2.15. The number of rotatable bonds is 9. The Morgan fingerprint density at radius 1 is 1.29 bits per heavy atom. The van der Waals surface area contributed by atoms with Gasteiger partial charge in [0, 0.05) is 12.6 Å². The quantitative estimate of drug-likeness (QED) is 0.681. The second-order valence-electron chi connectivity index (χ2n) is 5.45. The first-order valence-corrected chi connectivity index (χ1v) is 7.91. The molecule has 0 heterocycles. The lowest BCUT2D eigenvalue weighted by Crippen LogP contribution is -2.34. The Labute approximate surface area is 127 Å². The van der Waals surface area contributed by atoms with Crippen LogP contribution in [0.4, 0.5) is 4.39 Å². The van der Waals surface area contributed by atoms with Crippen molar-refractivity contribution >= 4 is 5.91 Å². The van der Waals surface area contributed by atoms with Gasteiger partial charge in [0.2, 0.25) is 0 Å². The van der Waals surface area contributed by atoms with Gasteiger partial charge in [-0.3, -0.25) is 4.79 Å². The number of nitrogens with one attached hydrogen (secondary N) is 1. The molecular formula is C17H27FN2O. The fourth-order valence-electron chi connectivity index (χ4n) is 2.33. The van der Waals surface area contributed by atoms with Crippen molar-refractivity contribution in [3.05, 3.63) is 35.1 Å². The summed E-state index contributed by atoms with van der Waals surface area (Å²) in [5.41, 5.74) is 6.25. The Kier molecular flexibility index (Phi) is 7.98. The largest absolute Gasteiger partial charge is 0.349 e. The molecular weight excluding hydrogens is 267 g/mol. The molecule has 0 aliphatic heterocycles. The summed E-state index contributed by atoms with van der Waals surface area (Å²) < 4.78 is 13.9. The first-order valence-electron chi connectivity index (χ1n) is 7.91. The molecule has 0 fully saturated rings. The minimum atomic E-state index is -0.503. The fraction of sp³-hybridized carbons (Fsp3) is 0.588. The average molecular weight is 294 g/mol. The molecule has 0 saturated carbocycles. The summed E-state index contributed by atoms with van der Waals surface area (Å²) >= 11 is 0. The summed E-state index contributed by atoms with van der Waals surface area (Å²) in [5.74, 6) is -0.838. The summed E-state index contributed by atoms with van der Waals surface area (Å²) in [6, 6.07) is 4.65. The number of carbonyl (C=O) groups is 1. The summed E-state index contributed by atoms with van der Waals surface area (Å²) in [6.45, 7) is 4.49. The second-order valence-corrected chi connectivity index (χ2v) is 5.45. The number of hydrogen-bond acceptors (Lipinski definition) is 2. The van der Waals surface area contributed by atoms with Crippen LogP contribution >= 0.6 is 0 Å². The molecule has 1 rings (SSSR count). The molecule has 0 saturated heterocycles. The SMILES string of the molecule is CCCCCCC(CC)NC(=O)c1ccc(CN)cc1F. The Morgan fingerprint density at radius 3 is 2.62 bits per heavy atom. The van der Waals surface area contributed by atoms with E-state index in [0.29, 0.717) is 5.56 Å². The van der Waals surface area contributed by atoms with Gasteiger partial charge in [-0.1, -0.05) is 45.6 Å². The molecule has 4 heteroatoms. The lowest BCUT2D eigenvalue weighted by molar-refractivity contribution is 0.0929. The lowest BCUT2D eigenvalue weighted by atomic mass is 10.0. The van der Waals surface area contributed by atoms with E-state index in [4.69, 9.17) is 5.73 Å². The van der Waals surface area contributed by atoms with Crippen molar-refractivity contribution in [2.45, 2.75) is 65.0 Å². The van der Waals surface area contributed by atoms with Crippen LogP contribution in [0.3, 0.4) is 0 Å². The van der Waals surface area contributed by atoms with Crippen molar-refractivity contribution in [3.8, 4) is 0 Å². The van der Waals surface area contributed by atoms with Gasteiger partial charge in [-0.15, -0.1) is 0 Å². The monoisotopic (exact) mass is 294 g/mol. The van der Waals surface area contributed by atoms with E-state index in [2.05, 4.69) is 12.2 Å². The first kappa shape index (κ1) is 17.6. The number of benzene rings is 1. The van der Waals surface area contributed by atoms with Crippen LogP contribution in [0.5, 0.6) is 0 Å². The van der Waals surface area contributed by atoms with Crippen LogP contribution in [-0.2, 0) is 6.54 Å². The number of halogens is 1. The smallest absolute Gasteiger partial charge is 0.254 e. The minimum absolute atomic E-state index is 0.0965. The number of amides is 1. The predicted octanol–water partition coefficient (Wildman–Crippen LogP) is 3.76. The van der Waals surface area contributed by atoms with E-state index < -0.39 is 5.82 Å². The Balaban J connectivity index is 2.57. The maximum atomic E-state index is 13.9. The van der Waals surface area contributed by atoms with Gasteiger partial charge in [0.25, 0.3) is 5.91 Å². The van der Waals surface area contributed by atoms with Crippen molar-refractivity contribution in [1.29, 1.82) is 0 Å². The van der Waals surface area contributed by atoms with Crippen LogP contribution in [0.2, 0.25) is 0 Å². The maximum Gasteiger partial charge on any atom is 0.254 e. The minimum Gasteiger partial charge on any atom is -0.349 e. The van der Waals surface area contributed by atoms with Crippen molar-refractivity contribution in [2.75, 3.05) is 0 Å². The lowest BCUT2D eigenvalue weighted by Gasteiger charge is -2.17. The normalized spacial score (nSPS) is 12.2. The van der Waals surface area contributed by atoms with Gasteiger partial charge in [-0.2, -0.15) is 0 Å². The molecule has 1 amide bonds. The van der Waals surface area contributed by atoms with Crippen molar-refractivity contribution < 1.29 is 9.18 Å². The molecule has 3 nitrogen and oxygen atoms in total. The van der Waals surface area contributed by atoms with Gasteiger partial charge in [-0.25, -0.2) is 4.39 Å². The van der Waals surface area contributed by atoms with Crippen LogP contribution in [-0.4, -0.2) is 11.9 Å². The highest BCUT2D eigenvalue weighted by atomic mass is 19.1. The third kappa shape index (κ3) is 5.84. The van der Waals surface area contributed by atoms with Gasteiger partial charge in [-0.05, 0) is 30.5 Å². The van der Waals surface area contributed by atoms with Gasteiger partial charge in [0.05, 0.1) is 5.56 Å². The van der Waals surface area contributed by atoms with Crippen LogP contribution in [0.1, 0.15) is 68.3 Å². The molecule has 1 aromatic rings. The molecule has 1 atom stereocenters. The van der Waals surface area contributed by atoms with E-state index in [0.717, 1.165) is 19.3 Å². The molecule has 1 unspecified atom stereocenters. The van der Waals surface area contributed by atoms with Crippen molar-refractivity contribution in [3.63, 3.8) is 0 Å². The Hall–Kier alpha value is -1.42. The van der Waals surface area contributed by atoms with Crippen LogP contribution in [0.25, 0.3) is 0 Å². The average Bonchev–Trinajstić information content (AvgIpc) is 2.49. The van der Waals surface area contributed by atoms with Gasteiger partial charge in [0.1, 0.15) is 5.82 Å². The number of hydrogen-bond donors (Lipinski definition) is 2. The van der Waals surface area contributed by atoms with E-state index in [1.807, 2.05) is 6.92 Å². The molecule has 0 spiro atoms. The van der Waals surface area contributed by atoms with E-state index in [9.17, 15) is 9.18 Å². The number of nitrogens with two attached hydrogens (primary N) is 1. The molecule has 0 aromatic heterocycles. The zero-order valence-corrected chi connectivity index (χ0v) is 13.1. The highest BCUT2D eigenvalue weighted by molar-refractivity contribution is 5.94. The van der Waals surface area contributed by atoms with Crippen LogP contribution in [0, 0.1) is 5.82 Å². The van der Waals surface area contributed by atoms with Crippen molar-refractivity contribution in [2.24, 2.45) is 5.73 Å². The Morgan fingerprint density at radius 2 is 2.05 bits per heavy atom. The summed E-state index contributed by atoms with van der Waals surface area (Å²) in [5, 5.41) is 2.93. The standard InChI is InChI=1S/C17H27FN2O/c1-3-5-6-7-8-14(4-2)20-17(21)15-10-9-13(12-19)11-16(15)18/h9-11,14H,3-8,12,19H2,1-2H3,(H,20,21). The van der Waals surface area contributed by atoms with E-state index in [1.54, 1.807) is 6.07 Å². The third-order valence-corrected chi connectivity index (χ3v) is 3.75. The van der Waals surface area contributed by atoms with Gasteiger partial charge < -0.3 is 11.1 Å². The van der Waals surface area contributed by atoms with Crippen molar-refractivity contribution in [1.82, 2.24) is 5.32 Å². The molecule has 118 valence electrons. The highest BCUT2D eigenvalue weighted by Crippen LogP contribution is 2.13. The zero-order valence-electron chi connectivity index (χ0n) is 13.1. The molecule has 21 heavy (non-hydrogen) atoms. The molecule has 1 aromatic carbocycles. The van der Waals surface area contributed by atoms with E-state index >= 15 is 0 Å². The summed E-state index contributed by atoms with van der Waals surface area (Å²) in [4.78, 5) is 12.1. The van der Waals surface area contributed by atoms with Crippen LogP contribution in [0.15, 0.2) is 18.2 Å². The first-order chi connectivity index (χ1) is 10.1. The van der Waals surface area contributed by atoms with E-state index in [-0.39, 0.29) is 24.1 Å². The summed E-state index contributed by atoms with van der Waals surface area (Å²) in [7, 11) is 0.